The van der Waals surface area contributed by atoms with Crippen LogP contribution in [0.4, 0.5) is 0 Å². The number of unbranched alkanes of at least 4 members (excludes halogenated alkanes) is 5. The fraction of sp³-hybridized carbons (Fsp3) is 0.582. The highest BCUT2D eigenvalue weighted by atomic mass is 16.5. The number of hydrogen-bond donors (Lipinski definition) is 5. The minimum atomic E-state index is -0.819. The molecule has 5 N–H and O–H groups in total. The average Bonchev–Trinajstić information content (AvgIpc) is 3.98. The topological polar surface area (TPSA) is 191 Å². The molecular formula is C55H80N10O6. The van der Waals surface area contributed by atoms with Crippen LogP contribution < -0.4 is 31.3 Å². The molecule has 2 aromatic carbocycles. The molecule has 386 valence electrons. The number of likely N-dealkylation sites (tertiary alicyclic amines) is 1. The van der Waals surface area contributed by atoms with Crippen LogP contribution in [0.25, 0.3) is 5.65 Å². The molecular weight excluding hydrogens is 897 g/mol. The summed E-state index contributed by atoms with van der Waals surface area (Å²) in [5.74, 6) is -0.0266. The molecule has 71 heavy (non-hydrogen) atoms. The van der Waals surface area contributed by atoms with Gasteiger partial charge in [0.2, 0.25) is 23.6 Å². The maximum absolute atomic E-state index is 14.4. The van der Waals surface area contributed by atoms with E-state index in [9.17, 15) is 24.0 Å². The van der Waals surface area contributed by atoms with Gasteiger partial charge in [0.25, 0.3) is 5.91 Å². The molecule has 1 unspecified atom stereocenters. The molecule has 6 rings (SSSR count). The molecule has 2 aliphatic rings. The first-order valence-electron chi connectivity index (χ1n) is 26.0. The number of aromatic nitrogens is 3. The smallest absolute Gasteiger partial charge is 0.259 e. The van der Waals surface area contributed by atoms with Gasteiger partial charge in [-0.15, -0.1) is 0 Å². The predicted molar refractivity (Wildman–Crippen MR) is 277 cm³/mol. The van der Waals surface area contributed by atoms with E-state index in [1.165, 1.54) is 0 Å². The van der Waals surface area contributed by atoms with Crippen LogP contribution >= 0.6 is 0 Å². The summed E-state index contributed by atoms with van der Waals surface area (Å²) < 4.78 is 8.14. The Bertz CT molecular complexity index is 2420. The molecule has 7 atom stereocenters. The van der Waals surface area contributed by atoms with Gasteiger partial charge in [-0.05, 0) is 101 Å². The van der Waals surface area contributed by atoms with Gasteiger partial charge in [0.1, 0.15) is 29.5 Å². The van der Waals surface area contributed by atoms with Gasteiger partial charge in [0, 0.05) is 44.0 Å². The van der Waals surface area contributed by atoms with E-state index >= 15 is 0 Å². The van der Waals surface area contributed by atoms with Crippen molar-refractivity contribution in [3.8, 4) is 5.75 Å². The second kappa shape index (κ2) is 25.5. The minimum Gasteiger partial charge on any atom is -0.489 e. The number of fused-ring (bicyclic) bond motifs is 2. The molecule has 2 aromatic heterocycles. The van der Waals surface area contributed by atoms with Crippen molar-refractivity contribution in [2.75, 3.05) is 39.8 Å². The number of carbonyl (C=O) groups excluding carboxylic acids is 5. The van der Waals surface area contributed by atoms with E-state index in [1.807, 2.05) is 89.3 Å². The third-order valence-electron chi connectivity index (χ3n) is 14.0. The van der Waals surface area contributed by atoms with Crippen LogP contribution in [-0.4, -0.2) is 124 Å². The van der Waals surface area contributed by atoms with E-state index < -0.39 is 23.5 Å². The Hall–Kier alpha value is -5.87. The van der Waals surface area contributed by atoms with Gasteiger partial charge in [-0.25, -0.2) is 9.50 Å². The molecule has 2 aliphatic heterocycles. The maximum atomic E-state index is 14.4. The second-order valence-corrected chi connectivity index (χ2v) is 20.9. The SMILES string of the molecule is CC[C@@H](NC(=O)[C@@H]1C[C@H](NCCCCCCCCC(=O)NCCN2C[C@H](C)Oc3ccc(C)cc3[C@@H](C)Cc3ccn4ncc(c4n3)C2=O)CN1C(=O)C(NC(=O)[C@H](C)NC)C(C)(C)C)c1ccccc1. The van der Waals surface area contributed by atoms with Crippen LogP contribution in [0, 0.1) is 12.3 Å². The number of nitrogens with one attached hydrogen (secondary N) is 5. The Labute approximate surface area is 421 Å². The van der Waals surface area contributed by atoms with E-state index in [4.69, 9.17) is 9.72 Å². The summed E-state index contributed by atoms with van der Waals surface area (Å²) in [6, 6.07) is 15.8. The molecule has 0 saturated carbocycles. The van der Waals surface area contributed by atoms with Crippen molar-refractivity contribution in [3.63, 3.8) is 0 Å². The van der Waals surface area contributed by atoms with Crippen LogP contribution in [-0.2, 0) is 25.6 Å². The van der Waals surface area contributed by atoms with Gasteiger partial charge in [-0.1, -0.05) is 108 Å². The largest absolute Gasteiger partial charge is 0.489 e. The monoisotopic (exact) mass is 977 g/mol. The Morgan fingerprint density at radius 2 is 1.65 bits per heavy atom. The number of nitrogens with zero attached hydrogens (tertiary/aromatic N) is 5. The summed E-state index contributed by atoms with van der Waals surface area (Å²) >= 11 is 0. The van der Waals surface area contributed by atoms with E-state index in [2.05, 4.69) is 51.6 Å². The second-order valence-electron chi connectivity index (χ2n) is 20.9. The van der Waals surface area contributed by atoms with Gasteiger partial charge < -0.3 is 41.1 Å². The normalized spacial score (nSPS) is 19.7. The van der Waals surface area contributed by atoms with Crippen molar-refractivity contribution in [3.05, 3.63) is 94.9 Å². The lowest BCUT2D eigenvalue weighted by atomic mass is 9.85. The molecule has 0 radical (unpaired) electrons. The minimum absolute atomic E-state index is 0.0394. The van der Waals surface area contributed by atoms with Crippen LogP contribution in [0.5, 0.6) is 5.75 Å². The zero-order valence-corrected chi connectivity index (χ0v) is 43.7. The Balaban J connectivity index is 0.946. The van der Waals surface area contributed by atoms with Crippen LogP contribution in [0.15, 0.2) is 67.0 Å². The molecule has 0 aliphatic carbocycles. The van der Waals surface area contributed by atoms with E-state index in [-0.39, 0.29) is 53.6 Å². The summed E-state index contributed by atoms with van der Waals surface area (Å²) in [5.41, 5.74) is 4.48. The molecule has 4 heterocycles. The maximum Gasteiger partial charge on any atom is 0.259 e. The molecule has 1 saturated heterocycles. The highest BCUT2D eigenvalue weighted by Crippen LogP contribution is 2.32. The van der Waals surface area contributed by atoms with Crippen LogP contribution in [0.3, 0.4) is 0 Å². The highest BCUT2D eigenvalue weighted by Gasteiger charge is 2.45. The average molecular weight is 977 g/mol. The van der Waals surface area contributed by atoms with Crippen molar-refractivity contribution in [1.29, 1.82) is 0 Å². The summed E-state index contributed by atoms with van der Waals surface area (Å²) in [6.45, 7) is 17.8. The first-order chi connectivity index (χ1) is 34.0. The van der Waals surface area contributed by atoms with Crippen molar-refractivity contribution in [2.45, 2.75) is 162 Å². The Kier molecular flexibility index (Phi) is 19.6. The third-order valence-corrected chi connectivity index (χ3v) is 14.0. The number of likely N-dealkylation sites (N-methyl/N-ethyl adjacent to an activating group) is 1. The zero-order valence-electron chi connectivity index (χ0n) is 43.7. The quantitative estimate of drug-likeness (QED) is 0.0583. The lowest BCUT2D eigenvalue weighted by Gasteiger charge is -2.36. The first kappa shape index (κ1) is 54.5. The van der Waals surface area contributed by atoms with Gasteiger partial charge in [-0.2, -0.15) is 5.10 Å². The number of hydrogen-bond acceptors (Lipinski definition) is 10. The van der Waals surface area contributed by atoms with Crippen molar-refractivity contribution in [2.24, 2.45) is 5.41 Å². The van der Waals surface area contributed by atoms with E-state index in [0.717, 1.165) is 73.2 Å². The number of carbonyl (C=O) groups is 5. The lowest BCUT2D eigenvalue weighted by Crippen LogP contribution is -2.59. The third kappa shape index (κ3) is 14.8. The van der Waals surface area contributed by atoms with Crippen molar-refractivity contribution < 1.29 is 28.7 Å². The number of ether oxygens (including phenoxy) is 1. The number of amides is 5. The summed E-state index contributed by atoms with van der Waals surface area (Å²) in [5, 5.41) is 20.2. The summed E-state index contributed by atoms with van der Waals surface area (Å²) in [4.78, 5) is 76.9. The molecule has 1 fully saturated rings. The van der Waals surface area contributed by atoms with E-state index in [0.29, 0.717) is 63.1 Å². The molecule has 16 heteroatoms. The van der Waals surface area contributed by atoms with Crippen LogP contribution in [0.2, 0.25) is 0 Å². The molecule has 4 aromatic rings. The number of rotatable bonds is 21. The van der Waals surface area contributed by atoms with Crippen molar-refractivity contribution >= 4 is 35.2 Å². The van der Waals surface area contributed by atoms with Gasteiger partial charge >= 0.3 is 0 Å². The van der Waals surface area contributed by atoms with Crippen molar-refractivity contribution in [1.82, 2.24) is 51.0 Å². The molecule has 2 bridgehead atoms. The highest BCUT2D eigenvalue weighted by molar-refractivity contribution is 5.99. The summed E-state index contributed by atoms with van der Waals surface area (Å²) in [7, 11) is 1.70. The Morgan fingerprint density at radius 1 is 0.915 bits per heavy atom. The molecule has 16 nitrogen and oxygen atoms in total. The van der Waals surface area contributed by atoms with Crippen LogP contribution in [0.1, 0.15) is 151 Å². The Morgan fingerprint density at radius 3 is 2.37 bits per heavy atom. The standard InChI is InChI=1S/C55H80N10O6/c1-10-45(40-20-16-15-17-21-40)61-52(68)46-32-42(35-64(46)54(70)49(55(6,7)8)62-51(67)39(5)56-9)57-26-19-14-12-11-13-18-22-48(66)58-27-29-63-34-38(4)71-47-24-23-36(2)30-43(47)37(3)31-41-25-28-65-50(60-41)44(33-59-65)53(63)69/h15-17,20-21,23-25,28,30,33,37-39,42,45-46,49,56-57H,10-14,18-19,22,26-27,29,31-32,34-35H2,1-9H3,(H,58,66)(H,61,68)(H,62,67)/t37-,38-,39-,42-,45+,46-,49?/m0/s1. The van der Waals surface area contributed by atoms with Gasteiger partial charge in [0.05, 0.1) is 24.8 Å². The summed E-state index contributed by atoms with van der Waals surface area (Å²) in [6.07, 6.45) is 11.1. The molecule has 0 spiro atoms. The lowest BCUT2D eigenvalue weighted by molar-refractivity contribution is -0.144. The fourth-order valence-electron chi connectivity index (χ4n) is 9.67. The number of benzene rings is 2. The predicted octanol–water partition coefficient (Wildman–Crippen LogP) is 6.42. The molecule has 5 amide bonds. The first-order valence-corrected chi connectivity index (χ1v) is 26.0. The van der Waals surface area contributed by atoms with E-state index in [1.54, 1.807) is 34.5 Å². The van der Waals surface area contributed by atoms with Gasteiger partial charge in [-0.3, -0.25) is 24.0 Å². The zero-order chi connectivity index (χ0) is 51.2. The van der Waals surface area contributed by atoms with Gasteiger partial charge in [0.15, 0.2) is 5.65 Å². The fourth-order valence-corrected chi connectivity index (χ4v) is 9.67. The number of aryl methyl sites for hydroxylation is 1.